The quantitative estimate of drug-likeness (QED) is 0.747. The van der Waals surface area contributed by atoms with Crippen LogP contribution in [0.2, 0.25) is 0 Å². The van der Waals surface area contributed by atoms with Crippen molar-refractivity contribution in [1.82, 2.24) is 15.3 Å². The summed E-state index contributed by atoms with van der Waals surface area (Å²) in [5.74, 6) is -1.80. The zero-order valence-electron chi connectivity index (χ0n) is 8.39. The highest BCUT2D eigenvalue weighted by Crippen LogP contribution is 2.01. The van der Waals surface area contributed by atoms with Crippen LogP contribution in [0.4, 0.5) is 0 Å². The average Bonchev–Trinajstić information content (AvgIpc) is 2.16. The number of aromatic carboxylic acids is 1. The summed E-state index contributed by atoms with van der Waals surface area (Å²) in [5.41, 5.74) is -0.505. The molecule has 0 spiro atoms. The van der Waals surface area contributed by atoms with Crippen LogP contribution in [-0.2, 0) is 0 Å². The fourth-order valence-corrected chi connectivity index (χ4v) is 0.991. The summed E-state index contributed by atoms with van der Waals surface area (Å²) in [6, 6.07) is -0.0823. The summed E-state index contributed by atoms with van der Waals surface area (Å²) >= 11 is 0. The Labute approximate surface area is 86.4 Å². The standard InChI is InChI=1S/C9H11N3O3/c1-5(2)12-8(13)6-7(9(14)15)11-4-3-10-6/h3-5H,1-2H3,(H,12,13)(H,14,15). The monoisotopic (exact) mass is 209 g/mol. The van der Waals surface area contributed by atoms with Crippen LogP contribution in [0.25, 0.3) is 0 Å². The third-order valence-corrected chi connectivity index (χ3v) is 1.54. The van der Waals surface area contributed by atoms with Gasteiger partial charge in [0.15, 0.2) is 11.4 Å². The molecule has 0 saturated carbocycles. The average molecular weight is 209 g/mol. The lowest BCUT2D eigenvalue weighted by Gasteiger charge is -2.08. The summed E-state index contributed by atoms with van der Waals surface area (Å²) in [6.45, 7) is 3.55. The van der Waals surface area contributed by atoms with Crippen molar-refractivity contribution < 1.29 is 14.7 Å². The molecular weight excluding hydrogens is 198 g/mol. The van der Waals surface area contributed by atoms with Crippen LogP contribution >= 0.6 is 0 Å². The first-order chi connectivity index (χ1) is 7.02. The predicted octanol–water partition coefficient (Wildman–Crippen LogP) is 0.313. The summed E-state index contributed by atoms with van der Waals surface area (Å²) in [4.78, 5) is 29.5. The zero-order valence-corrected chi connectivity index (χ0v) is 8.39. The van der Waals surface area contributed by atoms with Crippen LogP contribution in [0.3, 0.4) is 0 Å². The van der Waals surface area contributed by atoms with Gasteiger partial charge in [-0.1, -0.05) is 0 Å². The molecule has 1 aromatic rings. The molecule has 1 rings (SSSR count). The first kappa shape index (κ1) is 11.1. The van der Waals surface area contributed by atoms with E-state index in [4.69, 9.17) is 5.11 Å². The van der Waals surface area contributed by atoms with Crippen molar-refractivity contribution in [3.8, 4) is 0 Å². The van der Waals surface area contributed by atoms with Gasteiger partial charge in [0.05, 0.1) is 0 Å². The number of nitrogens with one attached hydrogen (secondary N) is 1. The van der Waals surface area contributed by atoms with Gasteiger partial charge in [-0.25, -0.2) is 14.8 Å². The van der Waals surface area contributed by atoms with Crippen LogP contribution in [0.5, 0.6) is 0 Å². The summed E-state index contributed by atoms with van der Waals surface area (Å²) in [7, 11) is 0. The number of hydrogen-bond acceptors (Lipinski definition) is 4. The number of carbonyl (C=O) groups excluding carboxylic acids is 1. The minimum absolute atomic E-state index is 0.0823. The molecule has 1 heterocycles. The molecule has 0 aliphatic rings. The molecule has 15 heavy (non-hydrogen) atoms. The van der Waals surface area contributed by atoms with E-state index in [1.54, 1.807) is 13.8 Å². The largest absolute Gasteiger partial charge is 0.476 e. The molecule has 0 aliphatic heterocycles. The van der Waals surface area contributed by atoms with Gasteiger partial charge in [0.25, 0.3) is 5.91 Å². The van der Waals surface area contributed by atoms with Crippen molar-refractivity contribution in [2.75, 3.05) is 0 Å². The fourth-order valence-electron chi connectivity index (χ4n) is 0.991. The van der Waals surface area contributed by atoms with E-state index >= 15 is 0 Å². The molecular formula is C9H11N3O3. The molecule has 80 valence electrons. The van der Waals surface area contributed by atoms with E-state index in [1.165, 1.54) is 12.4 Å². The first-order valence-electron chi connectivity index (χ1n) is 4.37. The highest BCUT2D eigenvalue weighted by molar-refractivity contribution is 6.01. The van der Waals surface area contributed by atoms with Crippen molar-refractivity contribution >= 4 is 11.9 Å². The third-order valence-electron chi connectivity index (χ3n) is 1.54. The Morgan fingerprint density at radius 1 is 1.27 bits per heavy atom. The van der Waals surface area contributed by atoms with Crippen LogP contribution < -0.4 is 5.32 Å². The Balaban J connectivity index is 3.03. The fraction of sp³-hybridized carbons (Fsp3) is 0.333. The second kappa shape index (κ2) is 4.50. The van der Waals surface area contributed by atoms with E-state index < -0.39 is 11.9 Å². The Morgan fingerprint density at radius 2 is 1.80 bits per heavy atom. The zero-order chi connectivity index (χ0) is 11.4. The Morgan fingerprint density at radius 3 is 2.27 bits per heavy atom. The SMILES string of the molecule is CC(C)NC(=O)c1nccnc1C(=O)O. The molecule has 0 aromatic carbocycles. The van der Waals surface area contributed by atoms with Crippen LogP contribution in [-0.4, -0.2) is 33.0 Å². The first-order valence-corrected chi connectivity index (χ1v) is 4.37. The summed E-state index contributed by atoms with van der Waals surface area (Å²) in [6.07, 6.45) is 2.51. The molecule has 0 fully saturated rings. The van der Waals surface area contributed by atoms with E-state index in [0.717, 1.165) is 0 Å². The Kier molecular flexibility index (Phi) is 3.33. The van der Waals surface area contributed by atoms with E-state index in [2.05, 4.69) is 15.3 Å². The van der Waals surface area contributed by atoms with Crippen molar-refractivity contribution in [2.45, 2.75) is 19.9 Å². The number of rotatable bonds is 3. The van der Waals surface area contributed by atoms with E-state index in [0.29, 0.717) is 0 Å². The lowest BCUT2D eigenvalue weighted by Crippen LogP contribution is -2.32. The molecule has 0 atom stereocenters. The maximum absolute atomic E-state index is 11.5. The number of carboxylic acids is 1. The number of hydrogen-bond donors (Lipinski definition) is 2. The molecule has 0 aliphatic carbocycles. The van der Waals surface area contributed by atoms with Gasteiger partial charge >= 0.3 is 5.97 Å². The molecule has 6 nitrogen and oxygen atoms in total. The van der Waals surface area contributed by atoms with Gasteiger partial charge in [-0.2, -0.15) is 0 Å². The number of aromatic nitrogens is 2. The van der Waals surface area contributed by atoms with Gasteiger partial charge in [0, 0.05) is 18.4 Å². The highest BCUT2D eigenvalue weighted by atomic mass is 16.4. The van der Waals surface area contributed by atoms with Gasteiger partial charge < -0.3 is 10.4 Å². The molecule has 0 saturated heterocycles. The minimum atomic E-state index is -1.27. The van der Waals surface area contributed by atoms with Gasteiger partial charge in [-0.3, -0.25) is 4.79 Å². The van der Waals surface area contributed by atoms with E-state index in [-0.39, 0.29) is 17.4 Å². The summed E-state index contributed by atoms with van der Waals surface area (Å²) < 4.78 is 0. The number of nitrogens with zero attached hydrogens (tertiary/aromatic N) is 2. The predicted molar refractivity (Wildman–Crippen MR) is 51.6 cm³/mol. The second-order valence-electron chi connectivity index (χ2n) is 3.19. The van der Waals surface area contributed by atoms with E-state index in [1.807, 2.05) is 0 Å². The Hall–Kier alpha value is -1.98. The maximum atomic E-state index is 11.5. The normalized spacial score (nSPS) is 10.1. The topological polar surface area (TPSA) is 92.2 Å². The van der Waals surface area contributed by atoms with E-state index in [9.17, 15) is 9.59 Å². The van der Waals surface area contributed by atoms with Crippen molar-refractivity contribution in [3.63, 3.8) is 0 Å². The van der Waals surface area contributed by atoms with Gasteiger partial charge in [0.2, 0.25) is 0 Å². The van der Waals surface area contributed by atoms with Gasteiger partial charge in [-0.05, 0) is 13.8 Å². The number of amides is 1. The number of carbonyl (C=O) groups is 2. The molecule has 1 aromatic heterocycles. The second-order valence-corrected chi connectivity index (χ2v) is 3.19. The molecule has 0 unspecified atom stereocenters. The van der Waals surface area contributed by atoms with Crippen molar-refractivity contribution in [3.05, 3.63) is 23.8 Å². The maximum Gasteiger partial charge on any atom is 0.356 e. The van der Waals surface area contributed by atoms with Crippen LogP contribution in [0.1, 0.15) is 34.8 Å². The molecule has 0 bridgehead atoms. The lowest BCUT2D eigenvalue weighted by atomic mass is 10.2. The van der Waals surface area contributed by atoms with Gasteiger partial charge in [-0.15, -0.1) is 0 Å². The van der Waals surface area contributed by atoms with Gasteiger partial charge in [0.1, 0.15) is 0 Å². The van der Waals surface area contributed by atoms with Crippen LogP contribution in [0.15, 0.2) is 12.4 Å². The Bertz CT molecular complexity index is 390. The van der Waals surface area contributed by atoms with Crippen LogP contribution in [0, 0.1) is 0 Å². The third kappa shape index (κ3) is 2.73. The smallest absolute Gasteiger partial charge is 0.356 e. The number of carboxylic acid groups (broad SMARTS) is 1. The molecule has 0 radical (unpaired) electrons. The minimum Gasteiger partial charge on any atom is -0.476 e. The molecule has 6 heteroatoms. The molecule has 2 N–H and O–H groups in total. The lowest BCUT2D eigenvalue weighted by molar-refractivity contribution is 0.0682. The van der Waals surface area contributed by atoms with Crippen molar-refractivity contribution in [1.29, 1.82) is 0 Å². The highest BCUT2D eigenvalue weighted by Gasteiger charge is 2.19. The summed E-state index contributed by atoms with van der Waals surface area (Å²) in [5, 5.41) is 11.3. The van der Waals surface area contributed by atoms with Crippen molar-refractivity contribution in [2.24, 2.45) is 0 Å². The molecule has 1 amide bonds.